The van der Waals surface area contributed by atoms with E-state index >= 15 is 0 Å². The first-order valence-electron chi connectivity index (χ1n) is 9.01. The molecule has 0 aromatic carbocycles. The maximum Gasteiger partial charge on any atom is 0.340 e. The van der Waals surface area contributed by atoms with Crippen molar-refractivity contribution in [3.8, 4) is 0 Å². The molecule has 0 aliphatic rings. The number of nitrogens with one attached hydrogen (secondary N) is 1. The fourth-order valence-corrected chi connectivity index (χ4v) is 3.92. The highest BCUT2D eigenvalue weighted by Crippen LogP contribution is 2.27. The lowest BCUT2D eigenvalue weighted by molar-refractivity contribution is 0.0525. The van der Waals surface area contributed by atoms with Gasteiger partial charge >= 0.3 is 5.97 Å². The summed E-state index contributed by atoms with van der Waals surface area (Å²) < 4.78 is 6.75. The number of aryl methyl sites for hydroxylation is 3. The van der Waals surface area contributed by atoms with E-state index in [1.54, 1.807) is 32.2 Å². The zero-order valence-corrected chi connectivity index (χ0v) is 17.6. The van der Waals surface area contributed by atoms with E-state index < -0.39 is 11.2 Å². The van der Waals surface area contributed by atoms with E-state index in [-0.39, 0.29) is 12.4 Å². The standard InChI is InChI=1S/C19H23N5O3S/c1-7-27-17(26)14-11(4)15(21-12(14)5)16(25)13(6)28-19-22-18-20-9(2)8-10(3)24(18)23-19/h8,13,21H,7H2,1-6H3/t13-/m0/s1. The van der Waals surface area contributed by atoms with Crippen LogP contribution in [0.25, 0.3) is 5.78 Å². The summed E-state index contributed by atoms with van der Waals surface area (Å²) in [5.74, 6) is -0.0379. The molecule has 28 heavy (non-hydrogen) atoms. The average Bonchev–Trinajstić information content (AvgIpc) is 3.14. The lowest BCUT2D eigenvalue weighted by Gasteiger charge is -2.07. The predicted octanol–water partition coefficient (Wildman–Crippen LogP) is 3.23. The Morgan fingerprint density at radius 1 is 1.25 bits per heavy atom. The smallest absolute Gasteiger partial charge is 0.340 e. The molecular weight excluding hydrogens is 378 g/mol. The Kier molecular flexibility index (Phi) is 5.55. The average molecular weight is 401 g/mol. The van der Waals surface area contributed by atoms with Crippen molar-refractivity contribution in [1.29, 1.82) is 0 Å². The van der Waals surface area contributed by atoms with Gasteiger partial charge in [0, 0.05) is 17.1 Å². The van der Waals surface area contributed by atoms with E-state index in [2.05, 4.69) is 20.1 Å². The van der Waals surface area contributed by atoms with Crippen LogP contribution >= 0.6 is 11.8 Å². The van der Waals surface area contributed by atoms with Crippen LogP contribution in [-0.2, 0) is 4.74 Å². The van der Waals surface area contributed by atoms with Gasteiger partial charge in [-0.15, -0.1) is 5.10 Å². The molecule has 3 heterocycles. The number of ketones is 1. The number of Topliss-reactive ketones (excluding diaryl/α,β-unsaturated/α-hetero) is 1. The second-order valence-electron chi connectivity index (χ2n) is 6.61. The highest BCUT2D eigenvalue weighted by Gasteiger charge is 2.27. The molecule has 0 aliphatic carbocycles. The lowest BCUT2D eigenvalue weighted by Crippen LogP contribution is -2.16. The molecule has 8 nitrogen and oxygen atoms in total. The van der Waals surface area contributed by atoms with Crippen LogP contribution in [-0.4, -0.2) is 48.2 Å². The molecular formula is C19H23N5O3S. The second-order valence-corrected chi connectivity index (χ2v) is 7.92. The van der Waals surface area contributed by atoms with Crippen LogP contribution in [0.3, 0.4) is 0 Å². The maximum absolute atomic E-state index is 13.0. The molecule has 0 saturated heterocycles. The molecule has 3 aromatic heterocycles. The van der Waals surface area contributed by atoms with E-state index in [0.29, 0.717) is 33.4 Å². The van der Waals surface area contributed by atoms with Gasteiger partial charge in [0.15, 0.2) is 5.78 Å². The van der Waals surface area contributed by atoms with Gasteiger partial charge in [0.05, 0.1) is 23.1 Å². The Labute approximate surface area is 167 Å². The van der Waals surface area contributed by atoms with Gasteiger partial charge in [0.25, 0.3) is 5.78 Å². The summed E-state index contributed by atoms with van der Waals surface area (Å²) in [6.07, 6.45) is 0. The van der Waals surface area contributed by atoms with Gasteiger partial charge in [-0.2, -0.15) is 4.98 Å². The fourth-order valence-electron chi connectivity index (χ4n) is 3.12. The minimum absolute atomic E-state index is 0.124. The van der Waals surface area contributed by atoms with Crippen molar-refractivity contribution in [1.82, 2.24) is 24.6 Å². The third-order valence-electron chi connectivity index (χ3n) is 4.41. The number of rotatable bonds is 6. The molecule has 9 heteroatoms. The first-order valence-corrected chi connectivity index (χ1v) is 9.89. The minimum Gasteiger partial charge on any atom is -0.462 e. The summed E-state index contributed by atoms with van der Waals surface area (Å²) in [5, 5.41) is 4.48. The largest absolute Gasteiger partial charge is 0.462 e. The molecule has 0 amide bonds. The van der Waals surface area contributed by atoms with Crippen molar-refractivity contribution in [3.63, 3.8) is 0 Å². The first kappa shape index (κ1) is 20.1. The van der Waals surface area contributed by atoms with Crippen molar-refractivity contribution in [2.75, 3.05) is 6.61 Å². The van der Waals surface area contributed by atoms with Gasteiger partial charge < -0.3 is 9.72 Å². The zero-order valence-electron chi connectivity index (χ0n) is 16.8. The van der Waals surface area contributed by atoms with Gasteiger partial charge in [-0.3, -0.25) is 4.79 Å². The van der Waals surface area contributed by atoms with Crippen molar-refractivity contribution < 1.29 is 14.3 Å². The Bertz CT molecular complexity index is 1070. The number of fused-ring (bicyclic) bond motifs is 1. The Morgan fingerprint density at radius 2 is 1.96 bits per heavy atom. The molecule has 0 fully saturated rings. The van der Waals surface area contributed by atoms with Gasteiger partial charge in [0.1, 0.15) is 0 Å². The minimum atomic E-state index is -0.439. The van der Waals surface area contributed by atoms with Crippen LogP contribution in [0.4, 0.5) is 0 Å². The van der Waals surface area contributed by atoms with Crippen molar-refractivity contribution >= 4 is 29.3 Å². The Balaban J connectivity index is 1.85. The molecule has 1 N–H and O–H groups in total. The number of carbonyl (C=O) groups excluding carboxylic acids is 2. The van der Waals surface area contributed by atoms with E-state index in [1.807, 2.05) is 19.9 Å². The highest BCUT2D eigenvalue weighted by atomic mass is 32.2. The second kappa shape index (κ2) is 7.75. The van der Waals surface area contributed by atoms with Gasteiger partial charge in [-0.1, -0.05) is 11.8 Å². The molecule has 3 aromatic rings. The van der Waals surface area contributed by atoms with Crippen LogP contribution in [0.2, 0.25) is 0 Å². The van der Waals surface area contributed by atoms with Gasteiger partial charge in [-0.25, -0.2) is 14.3 Å². The van der Waals surface area contributed by atoms with E-state index in [4.69, 9.17) is 4.74 Å². The number of aromatic amines is 1. The molecule has 148 valence electrons. The number of carbonyl (C=O) groups is 2. The monoisotopic (exact) mass is 401 g/mol. The summed E-state index contributed by atoms with van der Waals surface area (Å²) in [6.45, 7) is 11.2. The van der Waals surface area contributed by atoms with Crippen molar-refractivity contribution in [2.45, 2.75) is 51.9 Å². The summed E-state index contributed by atoms with van der Waals surface area (Å²) in [5.41, 5.74) is 3.85. The summed E-state index contributed by atoms with van der Waals surface area (Å²) >= 11 is 1.26. The SMILES string of the molecule is CCOC(=O)c1c(C)[nH]c(C(=O)[C@H](C)Sc2nc3nc(C)cc(C)n3n2)c1C. The molecule has 0 unspecified atom stereocenters. The van der Waals surface area contributed by atoms with E-state index in [0.717, 1.165) is 11.4 Å². The Morgan fingerprint density at radius 3 is 2.64 bits per heavy atom. The van der Waals surface area contributed by atoms with Gasteiger partial charge in [0.2, 0.25) is 5.16 Å². The molecule has 0 saturated carbocycles. The van der Waals surface area contributed by atoms with Crippen LogP contribution in [0.1, 0.15) is 57.3 Å². The number of ether oxygens (including phenoxy) is 1. The van der Waals surface area contributed by atoms with Crippen LogP contribution < -0.4 is 0 Å². The third-order valence-corrected chi connectivity index (χ3v) is 5.37. The topological polar surface area (TPSA) is 102 Å². The van der Waals surface area contributed by atoms with E-state index in [9.17, 15) is 9.59 Å². The summed E-state index contributed by atoms with van der Waals surface area (Å²) in [4.78, 5) is 36.9. The number of hydrogen-bond acceptors (Lipinski definition) is 7. The molecule has 0 radical (unpaired) electrons. The fraction of sp³-hybridized carbons (Fsp3) is 0.421. The normalized spacial score (nSPS) is 12.4. The number of thioether (sulfide) groups is 1. The molecule has 0 spiro atoms. The number of hydrogen-bond donors (Lipinski definition) is 1. The quantitative estimate of drug-likeness (QED) is 0.384. The summed E-state index contributed by atoms with van der Waals surface area (Å²) in [6, 6.07) is 1.92. The number of nitrogens with zero attached hydrogens (tertiary/aromatic N) is 4. The third kappa shape index (κ3) is 3.66. The predicted molar refractivity (Wildman–Crippen MR) is 106 cm³/mol. The van der Waals surface area contributed by atoms with Crippen LogP contribution in [0, 0.1) is 27.7 Å². The van der Waals surface area contributed by atoms with E-state index in [1.165, 1.54) is 11.8 Å². The zero-order chi connectivity index (χ0) is 20.6. The molecule has 0 bridgehead atoms. The number of H-pyrrole nitrogens is 1. The van der Waals surface area contributed by atoms with Gasteiger partial charge in [-0.05, 0) is 53.2 Å². The van der Waals surface area contributed by atoms with Crippen LogP contribution in [0.15, 0.2) is 11.2 Å². The first-order chi connectivity index (χ1) is 13.2. The highest BCUT2D eigenvalue weighted by molar-refractivity contribution is 8.00. The van der Waals surface area contributed by atoms with Crippen LogP contribution in [0.5, 0.6) is 0 Å². The van der Waals surface area contributed by atoms with Crippen molar-refractivity contribution in [2.24, 2.45) is 0 Å². The molecule has 0 aliphatic heterocycles. The Hall–Kier alpha value is -2.68. The lowest BCUT2D eigenvalue weighted by atomic mass is 10.1. The number of aromatic nitrogens is 5. The maximum atomic E-state index is 13.0. The molecule has 1 atom stereocenters. The molecule has 3 rings (SSSR count). The van der Waals surface area contributed by atoms with Crippen molar-refractivity contribution in [3.05, 3.63) is 40.0 Å². The number of esters is 1. The summed E-state index contributed by atoms with van der Waals surface area (Å²) in [7, 11) is 0.